The Bertz CT molecular complexity index is 1210. The van der Waals surface area contributed by atoms with Crippen LogP contribution in [0.15, 0.2) is 67.3 Å². The van der Waals surface area contributed by atoms with Crippen LogP contribution in [-0.4, -0.2) is 31.6 Å². The predicted molar refractivity (Wildman–Crippen MR) is 112 cm³/mol. The van der Waals surface area contributed by atoms with Crippen molar-refractivity contribution in [1.82, 2.24) is 24.5 Å². The molecule has 7 nitrogen and oxygen atoms in total. The first kappa shape index (κ1) is 21.3. The lowest BCUT2D eigenvalue weighted by Crippen LogP contribution is -2.19. The van der Waals surface area contributed by atoms with Crippen molar-refractivity contribution in [2.75, 3.05) is 12.4 Å². The first-order valence-corrected chi connectivity index (χ1v) is 9.60. The predicted octanol–water partition coefficient (Wildman–Crippen LogP) is 4.50. The molecular weight excluding hydrogens is 421 g/mol. The zero-order valence-electron chi connectivity index (χ0n) is 17.2. The molecule has 32 heavy (non-hydrogen) atoms. The Morgan fingerprint density at radius 3 is 2.44 bits per heavy atom. The van der Waals surface area contributed by atoms with Crippen LogP contribution in [0.1, 0.15) is 23.1 Å². The van der Waals surface area contributed by atoms with Gasteiger partial charge in [0.2, 0.25) is 0 Å². The number of para-hydroxylation sites is 1. The fourth-order valence-corrected chi connectivity index (χ4v) is 3.29. The Hall–Kier alpha value is -3.95. The molecule has 10 heteroatoms. The maximum absolute atomic E-state index is 13.6. The first-order valence-electron chi connectivity index (χ1n) is 9.60. The van der Waals surface area contributed by atoms with Gasteiger partial charge in [-0.2, -0.15) is 13.2 Å². The van der Waals surface area contributed by atoms with Crippen LogP contribution in [0.25, 0.3) is 11.4 Å². The SMILES string of the molecule is COc1ccccc1C(Nc1cc(C(F)(F)F)nc(-c2ccncc2)n1)c1nccn1C. The number of halogens is 3. The number of benzene rings is 1. The monoisotopic (exact) mass is 440 g/mol. The number of rotatable bonds is 6. The maximum atomic E-state index is 13.6. The van der Waals surface area contributed by atoms with Crippen molar-refractivity contribution < 1.29 is 17.9 Å². The van der Waals surface area contributed by atoms with Crippen LogP contribution in [0.2, 0.25) is 0 Å². The second-order valence-corrected chi connectivity index (χ2v) is 6.91. The number of anilines is 1. The van der Waals surface area contributed by atoms with Gasteiger partial charge in [-0.05, 0) is 18.2 Å². The Morgan fingerprint density at radius 2 is 1.78 bits per heavy atom. The topological polar surface area (TPSA) is 77.8 Å². The summed E-state index contributed by atoms with van der Waals surface area (Å²) >= 11 is 0. The van der Waals surface area contributed by atoms with Gasteiger partial charge < -0.3 is 14.6 Å². The van der Waals surface area contributed by atoms with E-state index in [2.05, 4.69) is 25.3 Å². The van der Waals surface area contributed by atoms with Gasteiger partial charge in [0.25, 0.3) is 0 Å². The van der Waals surface area contributed by atoms with Crippen LogP contribution < -0.4 is 10.1 Å². The van der Waals surface area contributed by atoms with E-state index in [-0.39, 0.29) is 11.6 Å². The van der Waals surface area contributed by atoms with E-state index in [0.29, 0.717) is 22.7 Å². The van der Waals surface area contributed by atoms with Crippen molar-refractivity contribution in [3.8, 4) is 17.1 Å². The molecule has 0 saturated heterocycles. The number of alkyl halides is 3. The number of aryl methyl sites for hydroxylation is 1. The molecule has 1 atom stereocenters. The molecule has 1 N–H and O–H groups in total. The highest BCUT2D eigenvalue weighted by atomic mass is 19.4. The number of ether oxygens (including phenoxy) is 1. The van der Waals surface area contributed by atoms with Crippen molar-refractivity contribution in [2.24, 2.45) is 7.05 Å². The van der Waals surface area contributed by atoms with Crippen LogP contribution in [0.5, 0.6) is 5.75 Å². The number of hydrogen-bond acceptors (Lipinski definition) is 6. The summed E-state index contributed by atoms with van der Waals surface area (Å²) in [4.78, 5) is 16.4. The van der Waals surface area contributed by atoms with E-state index in [9.17, 15) is 13.2 Å². The second-order valence-electron chi connectivity index (χ2n) is 6.91. The third-order valence-corrected chi connectivity index (χ3v) is 4.81. The fraction of sp³-hybridized carbons (Fsp3) is 0.182. The molecule has 0 bridgehead atoms. The van der Waals surface area contributed by atoms with Crippen LogP contribution in [0.4, 0.5) is 19.0 Å². The van der Waals surface area contributed by atoms with E-state index in [1.54, 1.807) is 42.2 Å². The smallest absolute Gasteiger partial charge is 0.433 e. The first-order chi connectivity index (χ1) is 15.4. The average Bonchev–Trinajstić information content (AvgIpc) is 3.23. The molecule has 0 saturated carbocycles. The van der Waals surface area contributed by atoms with Crippen LogP contribution in [0, 0.1) is 0 Å². The molecule has 0 aliphatic carbocycles. The molecule has 0 fully saturated rings. The van der Waals surface area contributed by atoms with Crippen molar-refractivity contribution in [3.63, 3.8) is 0 Å². The molecule has 0 aliphatic rings. The van der Waals surface area contributed by atoms with Crippen molar-refractivity contribution in [3.05, 3.63) is 84.3 Å². The normalized spacial score (nSPS) is 12.4. The van der Waals surface area contributed by atoms with E-state index in [1.807, 2.05) is 18.2 Å². The van der Waals surface area contributed by atoms with Crippen molar-refractivity contribution in [1.29, 1.82) is 0 Å². The van der Waals surface area contributed by atoms with Gasteiger partial charge in [-0.25, -0.2) is 15.0 Å². The van der Waals surface area contributed by atoms with Crippen LogP contribution >= 0.6 is 0 Å². The van der Waals surface area contributed by atoms with Crippen molar-refractivity contribution in [2.45, 2.75) is 12.2 Å². The molecule has 0 radical (unpaired) electrons. The summed E-state index contributed by atoms with van der Waals surface area (Å²) in [5.74, 6) is 1.07. The summed E-state index contributed by atoms with van der Waals surface area (Å²) in [5.41, 5.74) is 0.0577. The van der Waals surface area contributed by atoms with E-state index >= 15 is 0 Å². The molecule has 1 unspecified atom stereocenters. The van der Waals surface area contributed by atoms with Crippen LogP contribution in [-0.2, 0) is 13.2 Å². The third kappa shape index (κ3) is 4.39. The standard InChI is InChI=1S/C22H19F3N6O/c1-31-12-11-27-21(31)19(15-5-3-4-6-16(15)32-2)29-18-13-17(22(23,24)25)28-20(30-18)14-7-9-26-10-8-14/h3-13,19H,1-2H3,(H,28,29,30). The minimum atomic E-state index is -4.65. The van der Waals surface area contributed by atoms with E-state index < -0.39 is 17.9 Å². The summed E-state index contributed by atoms with van der Waals surface area (Å²) in [7, 11) is 3.33. The number of imidazole rings is 1. The number of nitrogens with one attached hydrogen (secondary N) is 1. The number of hydrogen-bond donors (Lipinski definition) is 1. The Kier molecular flexibility index (Phi) is 5.76. The summed E-state index contributed by atoms with van der Waals surface area (Å²) in [6.07, 6.45) is 1.66. The van der Waals surface area contributed by atoms with Crippen molar-refractivity contribution >= 4 is 5.82 Å². The minimum absolute atomic E-state index is 0.00181. The Balaban J connectivity index is 1.84. The van der Waals surface area contributed by atoms with E-state index in [4.69, 9.17) is 4.74 Å². The van der Waals surface area contributed by atoms with Crippen LogP contribution in [0.3, 0.4) is 0 Å². The molecule has 4 aromatic rings. The molecule has 164 valence electrons. The summed E-state index contributed by atoms with van der Waals surface area (Å²) in [6.45, 7) is 0. The lowest BCUT2D eigenvalue weighted by Gasteiger charge is -2.22. The molecule has 0 amide bonds. The molecule has 3 heterocycles. The number of methoxy groups -OCH3 is 1. The zero-order valence-corrected chi connectivity index (χ0v) is 17.2. The molecule has 1 aromatic carbocycles. The number of pyridine rings is 1. The largest absolute Gasteiger partial charge is 0.496 e. The highest BCUT2D eigenvalue weighted by molar-refractivity contribution is 5.58. The molecule has 0 aliphatic heterocycles. The fourth-order valence-electron chi connectivity index (χ4n) is 3.29. The quantitative estimate of drug-likeness (QED) is 0.476. The Labute approximate surface area is 182 Å². The third-order valence-electron chi connectivity index (χ3n) is 4.81. The lowest BCUT2D eigenvalue weighted by molar-refractivity contribution is -0.141. The molecular formula is C22H19F3N6O. The van der Waals surface area contributed by atoms with Gasteiger partial charge >= 0.3 is 6.18 Å². The number of aromatic nitrogens is 5. The molecule has 3 aromatic heterocycles. The molecule has 4 rings (SSSR count). The molecule has 0 spiro atoms. The van der Waals surface area contributed by atoms with Gasteiger partial charge in [-0.3, -0.25) is 4.98 Å². The Morgan fingerprint density at radius 1 is 1.03 bits per heavy atom. The lowest BCUT2D eigenvalue weighted by atomic mass is 10.0. The van der Waals surface area contributed by atoms with Gasteiger partial charge in [0, 0.05) is 49.0 Å². The average molecular weight is 440 g/mol. The van der Waals surface area contributed by atoms with E-state index in [1.165, 1.54) is 19.5 Å². The number of nitrogens with zero attached hydrogens (tertiary/aromatic N) is 5. The second kappa shape index (κ2) is 8.66. The van der Waals surface area contributed by atoms with E-state index in [0.717, 1.165) is 6.07 Å². The maximum Gasteiger partial charge on any atom is 0.433 e. The van der Waals surface area contributed by atoms with Gasteiger partial charge in [0.15, 0.2) is 11.5 Å². The summed E-state index contributed by atoms with van der Waals surface area (Å²) in [5, 5.41) is 3.11. The van der Waals surface area contributed by atoms with Gasteiger partial charge in [0.1, 0.15) is 23.4 Å². The summed E-state index contributed by atoms with van der Waals surface area (Å²) in [6, 6.07) is 10.6. The van der Waals surface area contributed by atoms with Gasteiger partial charge in [0.05, 0.1) is 7.11 Å². The minimum Gasteiger partial charge on any atom is -0.496 e. The van der Waals surface area contributed by atoms with Gasteiger partial charge in [-0.1, -0.05) is 18.2 Å². The zero-order chi connectivity index (χ0) is 22.7. The van der Waals surface area contributed by atoms with Gasteiger partial charge in [-0.15, -0.1) is 0 Å². The summed E-state index contributed by atoms with van der Waals surface area (Å²) < 4.78 is 48.1. The highest BCUT2D eigenvalue weighted by Gasteiger charge is 2.34. The highest BCUT2D eigenvalue weighted by Crippen LogP contribution is 2.34.